The van der Waals surface area contributed by atoms with Crippen LogP contribution in [0.3, 0.4) is 0 Å². The SMILES string of the molecule is OC(CSc1cccc(F)c1)c1cc(Br)ccc1F. The molecule has 0 saturated carbocycles. The quantitative estimate of drug-likeness (QED) is 0.821. The molecule has 2 aromatic rings. The Morgan fingerprint density at radius 3 is 2.68 bits per heavy atom. The Morgan fingerprint density at radius 2 is 1.95 bits per heavy atom. The van der Waals surface area contributed by atoms with Crippen molar-refractivity contribution in [2.24, 2.45) is 0 Å². The molecule has 1 atom stereocenters. The van der Waals surface area contributed by atoms with Crippen molar-refractivity contribution in [2.75, 3.05) is 5.75 Å². The van der Waals surface area contributed by atoms with Crippen LogP contribution in [0.15, 0.2) is 51.8 Å². The second kappa shape index (κ2) is 6.50. The normalized spacial score (nSPS) is 12.4. The topological polar surface area (TPSA) is 20.2 Å². The number of benzene rings is 2. The fourth-order valence-electron chi connectivity index (χ4n) is 1.59. The van der Waals surface area contributed by atoms with Crippen LogP contribution in [0.5, 0.6) is 0 Å². The van der Waals surface area contributed by atoms with Crippen molar-refractivity contribution >= 4 is 27.7 Å². The number of halogens is 3. The average Bonchev–Trinajstić information content (AvgIpc) is 2.39. The molecular weight excluding hydrogens is 334 g/mol. The van der Waals surface area contributed by atoms with Crippen LogP contribution in [0.1, 0.15) is 11.7 Å². The summed E-state index contributed by atoms with van der Waals surface area (Å²) in [4.78, 5) is 0.703. The average molecular weight is 345 g/mol. The third kappa shape index (κ3) is 4.03. The van der Waals surface area contributed by atoms with Gasteiger partial charge in [-0.25, -0.2) is 8.78 Å². The van der Waals surface area contributed by atoms with Crippen molar-refractivity contribution in [2.45, 2.75) is 11.0 Å². The van der Waals surface area contributed by atoms with E-state index in [4.69, 9.17) is 0 Å². The lowest BCUT2D eigenvalue weighted by atomic mass is 10.1. The lowest BCUT2D eigenvalue weighted by molar-refractivity contribution is 0.199. The summed E-state index contributed by atoms with van der Waals surface area (Å²) >= 11 is 4.52. The molecule has 5 heteroatoms. The third-order valence-electron chi connectivity index (χ3n) is 2.52. The molecule has 0 radical (unpaired) electrons. The van der Waals surface area contributed by atoms with E-state index in [1.165, 1.54) is 30.0 Å². The molecule has 0 bridgehead atoms. The van der Waals surface area contributed by atoms with E-state index in [0.29, 0.717) is 9.37 Å². The van der Waals surface area contributed by atoms with Crippen molar-refractivity contribution < 1.29 is 13.9 Å². The minimum absolute atomic E-state index is 0.235. The summed E-state index contributed by atoms with van der Waals surface area (Å²) < 4.78 is 27.3. The number of hydrogen-bond donors (Lipinski definition) is 1. The van der Waals surface area contributed by atoms with E-state index in [2.05, 4.69) is 15.9 Å². The van der Waals surface area contributed by atoms with E-state index in [-0.39, 0.29) is 17.1 Å². The Bertz CT molecular complexity index is 577. The predicted molar refractivity (Wildman–Crippen MR) is 76.2 cm³/mol. The Kier molecular flexibility index (Phi) is 4.96. The van der Waals surface area contributed by atoms with Crippen molar-refractivity contribution in [3.8, 4) is 0 Å². The fraction of sp³-hybridized carbons (Fsp3) is 0.143. The van der Waals surface area contributed by atoms with Crippen LogP contribution in [-0.2, 0) is 0 Å². The molecule has 0 aromatic heterocycles. The molecule has 0 spiro atoms. The standard InChI is InChI=1S/C14H11BrF2OS/c15-9-4-5-13(17)12(6-9)14(18)8-19-11-3-1-2-10(16)7-11/h1-7,14,18H,8H2. The minimum atomic E-state index is -0.939. The molecule has 1 N–H and O–H groups in total. The molecule has 2 aromatic carbocycles. The van der Waals surface area contributed by atoms with Gasteiger partial charge in [-0.3, -0.25) is 0 Å². The molecular formula is C14H11BrF2OS. The van der Waals surface area contributed by atoms with Gasteiger partial charge in [-0.05, 0) is 36.4 Å². The predicted octanol–water partition coefficient (Wildman–Crippen LogP) is 4.55. The van der Waals surface area contributed by atoms with E-state index in [0.717, 1.165) is 0 Å². The van der Waals surface area contributed by atoms with Gasteiger partial charge in [0.15, 0.2) is 0 Å². The molecule has 0 aliphatic heterocycles. The molecule has 19 heavy (non-hydrogen) atoms. The van der Waals surface area contributed by atoms with Crippen molar-refractivity contribution in [3.63, 3.8) is 0 Å². The second-order valence-corrected chi connectivity index (χ2v) is 5.96. The lowest BCUT2D eigenvalue weighted by Gasteiger charge is -2.12. The van der Waals surface area contributed by atoms with Gasteiger partial charge in [-0.15, -0.1) is 11.8 Å². The second-order valence-electron chi connectivity index (χ2n) is 3.95. The van der Waals surface area contributed by atoms with Gasteiger partial charge < -0.3 is 5.11 Å². The maximum absolute atomic E-state index is 13.6. The fourth-order valence-corrected chi connectivity index (χ4v) is 2.87. The molecule has 0 aliphatic rings. The van der Waals surface area contributed by atoms with E-state index < -0.39 is 11.9 Å². The van der Waals surface area contributed by atoms with Gasteiger partial charge in [0, 0.05) is 20.7 Å². The zero-order valence-electron chi connectivity index (χ0n) is 9.82. The van der Waals surface area contributed by atoms with Crippen LogP contribution in [0.4, 0.5) is 8.78 Å². The maximum atomic E-state index is 13.6. The summed E-state index contributed by atoms with van der Waals surface area (Å²) in [7, 11) is 0. The van der Waals surface area contributed by atoms with Crippen molar-refractivity contribution in [1.82, 2.24) is 0 Å². The van der Waals surface area contributed by atoms with Gasteiger partial charge >= 0.3 is 0 Å². The van der Waals surface area contributed by atoms with Crippen LogP contribution in [0, 0.1) is 11.6 Å². The molecule has 2 rings (SSSR count). The van der Waals surface area contributed by atoms with Gasteiger partial charge in [-0.1, -0.05) is 22.0 Å². The largest absolute Gasteiger partial charge is 0.387 e. The molecule has 0 aliphatic carbocycles. The minimum Gasteiger partial charge on any atom is -0.387 e. The van der Waals surface area contributed by atoms with Gasteiger partial charge in [0.2, 0.25) is 0 Å². The number of rotatable bonds is 4. The van der Waals surface area contributed by atoms with E-state index in [9.17, 15) is 13.9 Å². The van der Waals surface area contributed by atoms with Gasteiger partial charge in [0.1, 0.15) is 11.6 Å². The molecule has 100 valence electrons. The third-order valence-corrected chi connectivity index (χ3v) is 4.08. The van der Waals surface area contributed by atoms with Crippen LogP contribution in [0.2, 0.25) is 0 Å². The summed E-state index contributed by atoms with van der Waals surface area (Å²) in [5.74, 6) is -0.514. The summed E-state index contributed by atoms with van der Waals surface area (Å²) in [5, 5.41) is 9.98. The first-order valence-corrected chi connectivity index (χ1v) is 7.35. The van der Waals surface area contributed by atoms with Gasteiger partial charge in [0.05, 0.1) is 6.10 Å². The zero-order chi connectivity index (χ0) is 13.8. The summed E-state index contributed by atoms with van der Waals surface area (Å²) in [6.07, 6.45) is -0.939. The Morgan fingerprint density at radius 1 is 1.16 bits per heavy atom. The van der Waals surface area contributed by atoms with Crippen molar-refractivity contribution in [1.29, 1.82) is 0 Å². The van der Waals surface area contributed by atoms with E-state index in [1.807, 2.05) is 0 Å². The Hall–Kier alpha value is -0.910. The zero-order valence-corrected chi connectivity index (χ0v) is 12.2. The molecule has 1 nitrogen and oxygen atoms in total. The molecule has 0 fully saturated rings. The number of thioether (sulfide) groups is 1. The van der Waals surface area contributed by atoms with Crippen molar-refractivity contribution in [3.05, 3.63) is 64.1 Å². The highest BCUT2D eigenvalue weighted by atomic mass is 79.9. The Balaban J connectivity index is 2.05. The number of aliphatic hydroxyl groups is 1. The first-order valence-electron chi connectivity index (χ1n) is 5.57. The van der Waals surface area contributed by atoms with Crippen LogP contribution in [-0.4, -0.2) is 10.9 Å². The summed E-state index contributed by atoms with van der Waals surface area (Å²) in [5.41, 5.74) is 0.235. The highest BCUT2D eigenvalue weighted by Gasteiger charge is 2.13. The highest BCUT2D eigenvalue weighted by molar-refractivity contribution is 9.10. The summed E-state index contributed by atoms with van der Waals surface area (Å²) in [6, 6.07) is 10.5. The van der Waals surface area contributed by atoms with E-state index >= 15 is 0 Å². The monoisotopic (exact) mass is 344 g/mol. The first kappa shape index (κ1) is 14.5. The van der Waals surface area contributed by atoms with Gasteiger partial charge in [0.25, 0.3) is 0 Å². The number of hydrogen-bond acceptors (Lipinski definition) is 2. The van der Waals surface area contributed by atoms with Crippen LogP contribution >= 0.6 is 27.7 Å². The highest BCUT2D eigenvalue weighted by Crippen LogP contribution is 2.28. The lowest BCUT2D eigenvalue weighted by Crippen LogP contribution is -2.03. The number of aliphatic hydroxyl groups excluding tert-OH is 1. The van der Waals surface area contributed by atoms with Crippen LogP contribution < -0.4 is 0 Å². The van der Waals surface area contributed by atoms with Crippen LogP contribution in [0.25, 0.3) is 0 Å². The smallest absolute Gasteiger partial charge is 0.129 e. The maximum Gasteiger partial charge on any atom is 0.129 e. The molecule has 1 unspecified atom stereocenters. The summed E-state index contributed by atoms with van der Waals surface area (Å²) in [6.45, 7) is 0. The molecule has 0 saturated heterocycles. The molecule has 0 amide bonds. The first-order chi connectivity index (χ1) is 9.06. The van der Waals surface area contributed by atoms with Gasteiger partial charge in [-0.2, -0.15) is 0 Å². The molecule has 0 heterocycles. The van der Waals surface area contributed by atoms with E-state index in [1.54, 1.807) is 24.3 Å². The Labute approximate surface area is 122 Å².